The Bertz CT molecular complexity index is 295. The Morgan fingerprint density at radius 1 is 1.40 bits per heavy atom. The summed E-state index contributed by atoms with van der Waals surface area (Å²) in [5.41, 5.74) is 0.828. The maximum atomic E-state index is 5.71. The molecule has 0 amide bonds. The van der Waals surface area contributed by atoms with E-state index in [1.807, 2.05) is 6.92 Å². The largest absolute Gasteiger partial charge is 0.478 e. The molecule has 84 valence electrons. The Kier molecular flexibility index (Phi) is 4.82. The lowest BCUT2D eigenvalue weighted by Crippen LogP contribution is -2.02. The number of halogens is 1. The maximum absolute atomic E-state index is 5.71. The molecule has 0 radical (unpaired) electrons. The highest BCUT2D eigenvalue weighted by atomic mass is 35.5. The van der Waals surface area contributed by atoms with Crippen molar-refractivity contribution in [1.29, 1.82) is 0 Å². The van der Waals surface area contributed by atoms with Crippen molar-refractivity contribution in [1.82, 2.24) is 9.97 Å². The molecule has 0 spiro atoms. The van der Waals surface area contributed by atoms with Gasteiger partial charge < -0.3 is 4.74 Å². The molecule has 0 aromatic carbocycles. The van der Waals surface area contributed by atoms with Crippen LogP contribution in [0.25, 0.3) is 0 Å². The standard InChI is InChI=1S/C11H17ClN2O/c1-8(2)5-4-6-15-10-7-9(3)13-11(12)14-10/h7-8H,4-6H2,1-3H3. The second kappa shape index (κ2) is 5.91. The van der Waals surface area contributed by atoms with Crippen molar-refractivity contribution >= 4 is 11.6 Å². The Hall–Kier alpha value is -0.830. The smallest absolute Gasteiger partial charge is 0.225 e. The minimum atomic E-state index is 0.244. The van der Waals surface area contributed by atoms with Crippen LogP contribution in [0.5, 0.6) is 5.88 Å². The van der Waals surface area contributed by atoms with Crippen LogP contribution >= 0.6 is 11.6 Å². The summed E-state index contributed by atoms with van der Waals surface area (Å²) in [5, 5.41) is 0.244. The lowest BCUT2D eigenvalue weighted by molar-refractivity contribution is 0.286. The SMILES string of the molecule is Cc1cc(OCCCC(C)C)nc(Cl)n1. The summed E-state index contributed by atoms with van der Waals surface area (Å²) < 4.78 is 5.48. The van der Waals surface area contributed by atoms with Gasteiger partial charge in [0.05, 0.1) is 6.61 Å². The maximum Gasteiger partial charge on any atom is 0.225 e. The third-order valence-electron chi connectivity index (χ3n) is 1.98. The Balaban J connectivity index is 2.37. The normalized spacial score (nSPS) is 10.7. The first-order chi connectivity index (χ1) is 7.08. The Morgan fingerprint density at radius 2 is 2.13 bits per heavy atom. The highest BCUT2D eigenvalue weighted by molar-refractivity contribution is 6.28. The van der Waals surface area contributed by atoms with Crippen LogP contribution < -0.4 is 4.74 Å². The van der Waals surface area contributed by atoms with Gasteiger partial charge in [0, 0.05) is 11.8 Å². The molecule has 0 saturated heterocycles. The fraction of sp³-hybridized carbons (Fsp3) is 0.636. The number of nitrogens with zero attached hydrogens (tertiary/aromatic N) is 2. The van der Waals surface area contributed by atoms with Gasteiger partial charge in [0.25, 0.3) is 0 Å². The van der Waals surface area contributed by atoms with Gasteiger partial charge in [0.15, 0.2) is 0 Å². The van der Waals surface area contributed by atoms with Crippen LogP contribution in [0, 0.1) is 12.8 Å². The molecule has 0 saturated carbocycles. The quantitative estimate of drug-likeness (QED) is 0.573. The van der Waals surface area contributed by atoms with Crippen molar-refractivity contribution < 1.29 is 4.74 Å². The van der Waals surface area contributed by atoms with Gasteiger partial charge in [0.2, 0.25) is 11.2 Å². The third kappa shape index (κ3) is 4.98. The molecule has 0 aliphatic heterocycles. The first-order valence-corrected chi connectivity index (χ1v) is 5.59. The van der Waals surface area contributed by atoms with Crippen molar-refractivity contribution in [2.45, 2.75) is 33.6 Å². The van der Waals surface area contributed by atoms with E-state index in [0.29, 0.717) is 18.4 Å². The van der Waals surface area contributed by atoms with Gasteiger partial charge >= 0.3 is 0 Å². The molecule has 0 bridgehead atoms. The first-order valence-electron chi connectivity index (χ1n) is 5.22. The van der Waals surface area contributed by atoms with Crippen LogP contribution in [0.2, 0.25) is 5.28 Å². The third-order valence-corrected chi connectivity index (χ3v) is 2.15. The second-order valence-electron chi connectivity index (χ2n) is 4.00. The summed E-state index contributed by atoms with van der Waals surface area (Å²) in [6.07, 6.45) is 2.20. The predicted molar refractivity (Wildman–Crippen MR) is 61.3 cm³/mol. The minimum absolute atomic E-state index is 0.244. The fourth-order valence-electron chi connectivity index (χ4n) is 1.25. The van der Waals surface area contributed by atoms with E-state index in [9.17, 15) is 0 Å². The van der Waals surface area contributed by atoms with Crippen molar-refractivity contribution in [2.24, 2.45) is 5.92 Å². The van der Waals surface area contributed by atoms with E-state index in [0.717, 1.165) is 18.5 Å². The summed E-state index contributed by atoms with van der Waals surface area (Å²) in [6, 6.07) is 1.79. The number of hydrogen-bond donors (Lipinski definition) is 0. The molecule has 1 aromatic rings. The van der Waals surface area contributed by atoms with Gasteiger partial charge in [-0.25, -0.2) is 4.98 Å². The van der Waals surface area contributed by atoms with Crippen LogP contribution in [-0.2, 0) is 0 Å². The summed E-state index contributed by atoms with van der Waals surface area (Å²) in [4.78, 5) is 7.95. The van der Waals surface area contributed by atoms with E-state index in [2.05, 4.69) is 23.8 Å². The Labute approximate surface area is 95.8 Å². The number of ether oxygens (including phenoxy) is 1. The van der Waals surface area contributed by atoms with Crippen LogP contribution in [-0.4, -0.2) is 16.6 Å². The van der Waals surface area contributed by atoms with Gasteiger partial charge in [-0.1, -0.05) is 13.8 Å². The monoisotopic (exact) mass is 228 g/mol. The zero-order valence-corrected chi connectivity index (χ0v) is 10.2. The minimum Gasteiger partial charge on any atom is -0.478 e. The van der Waals surface area contributed by atoms with Gasteiger partial charge in [0.1, 0.15) is 0 Å². The van der Waals surface area contributed by atoms with Crippen LogP contribution in [0.15, 0.2) is 6.07 Å². The van der Waals surface area contributed by atoms with E-state index >= 15 is 0 Å². The zero-order valence-electron chi connectivity index (χ0n) is 9.46. The number of rotatable bonds is 5. The number of hydrogen-bond acceptors (Lipinski definition) is 3. The highest BCUT2D eigenvalue weighted by Gasteiger charge is 2.01. The molecule has 15 heavy (non-hydrogen) atoms. The van der Waals surface area contributed by atoms with Gasteiger partial charge in [-0.15, -0.1) is 0 Å². The van der Waals surface area contributed by atoms with Crippen molar-refractivity contribution in [3.63, 3.8) is 0 Å². The summed E-state index contributed by atoms with van der Waals surface area (Å²) in [7, 11) is 0. The lowest BCUT2D eigenvalue weighted by atomic mass is 10.1. The van der Waals surface area contributed by atoms with Gasteiger partial charge in [-0.2, -0.15) is 4.98 Å². The molecule has 0 N–H and O–H groups in total. The molecule has 4 heteroatoms. The summed E-state index contributed by atoms with van der Waals surface area (Å²) in [6.45, 7) is 6.96. The van der Waals surface area contributed by atoms with E-state index in [4.69, 9.17) is 16.3 Å². The van der Waals surface area contributed by atoms with Crippen molar-refractivity contribution in [3.05, 3.63) is 17.0 Å². The predicted octanol–water partition coefficient (Wildman–Crippen LogP) is 3.25. The Morgan fingerprint density at radius 3 is 2.73 bits per heavy atom. The highest BCUT2D eigenvalue weighted by Crippen LogP contribution is 2.13. The van der Waals surface area contributed by atoms with Crippen LogP contribution in [0.1, 0.15) is 32.4 Å². The number of aromatic nitrogens is 2. The average Bonchev–Trinajstić information content (AvgIpc) is 2.10. The van der Waals surface area contributed by atoms with Crippen molar-refractivity contribution in [2.75, 3.05) is 6.61 Å². The van der Waals surface area contributed by atoms with E-state index in [1.54, 1.807) is 6.07 Å². The molecular weight excluding hydrogens is 212 g/mol. The molecule has 1 rings (SSSR count). The first kappa shape index (κ1) is 12.2. The van der Waals surface area contributed by atoms with Crippen LogP contribution in [0.4, 0.5) is 0 Å². The fourth-order valence-corrected chi connectivity index (χ4v) is 1.46. The molecule has 1 aromatic heterocycles. The average molecular weight is 229 g/mol. The van der Waals surface area contributed by atoms with Gasteiger partial charge in [-0.3, -0.25) is 0 Å². The molecule has 3 nitrogen and oxygen atoms in total. The summed E-state index contributed by atoms with van der Waals surface area (Å²) >= 11 is 5.71. The van der Waals surface area contributed by atoms with Gasteiger partial charge in [-0.05, 0) is 37.3 Å². The molecular formula is C11H17ClN2O. The lowest BCUT2D eigenvalue weighted by Gasteiger charge is -2.07. The molecule has 1 heterocycles. The topological polar surface area (TPSA) is 35.0 Å². The second-order valence-corrected chi connectivity index (χ2v) is 4.34. The van der Waals surface area contributed by atoms with E-state index in [1.165, 1.54) is 0 Å². The van der Waals surface area contributed by atoms with E-state index < -0.39 is 0 Å². The molecule has 0 unspecified atom stereocenters. The summed E-state index contributed by atoms with van der Waals surface area (Å²) in [5.74, 6) is 1.28. The zero-order chi connectivity index (χ0) is 11.3. The molecule has 0 aliphatic rings. The molecule has 0 atom stereocenters. The number of aryl methyl sites for hydroxylation is 1. The van der Waals surface area contributed by atoms with Crippen LogP contribution in [0.3, 0.4) is 0 Å². The van der Waals surface area contributed by atoms with Crippen molar-refractivity contribution in [3.8, 4) is 5.88 Å². The molecule has 0 fully saturated rings. The molecule has 0 aliphatic carbocycles. The van der Waals surface area contributed by atoms with E-state index in [-0.39, 0.29) is 5.28 Å².